The predicted octanol–water partition coefficient (Wildman–Crippen LogP) is 3.81. The van der Waals surface area contributed by atoms with Crippen LogP contribution in [-0.2, 0) is 0 Å². The highest BCUT2D eigenvalue weighted by Crippen LogP contribution is 2.31. The maximum absolute atomic E-state index is 12.9. The quantitative estimate of drug-likeness (QED) is 0.635. The summed E-state index contributed by atoms with van der Waals surface area (Å²) in [6, 6.07) is 2.85. The van der Waals surface area contributed by atoms with Gasteiger partial charge in [0.25, 0.3) is 0 Å². The molecule has 0 unspecified atom stereocenters. The smallest absolute Gasteiger partial charge is 0.147 e. The zero-order chi connectivity index (χ0) is 10.7. The largest absolute Gasteiger partial charge is 0.396 e. The van der Waals surface area contributed by atoms with Crippen LogP contribution >= 0.6 is 23.4 Å². The number of nitrogens with two attached hydrogens (primary N) is 1. The summed E-state index contributed by atoms with van der Waals surface area (Å²) < 4.78 is 12.9. The Morgan fingerprint density at radius 2 is 2.14 bits per heavy atom. The molecule has 0 amide bonds. The molecule has 0 aliphatic heterocycles. The molecule has 0 saturated heterocycles. The first kappa shape index (κ1) is 11.7. The predicted molar refractivity (Wildman–Crippen MR) is 61.4 cm³/mol. The lowest BCUT2D eigenvalue weighted by Gasteiger charge is -2.07. The number of benzene rings is 1. The van der Waals surface area contributed by atoms with Gasteiger partial charge in [-0.3, -0.25) is 0 Å². The van der Waals surface area contributed by atoms with Crippen LogP contribution in [-0.4, -0.2) is 5.75 Å². The van der Waals surface area contributed by atoms with Gasteiger partial charge in [0, 0.05) is 10.6 Å². The highest BCUT2D eigenvalue weighted by molar-refractivity contribution is 7.99. The van der Waals surface area contributed by atoms with Crippen LogP contribution in [0, 0.1) is 11.7 Å². The van der Waals surface area contributed by atoms with Crippen LogP contribution in [0.25, 0.3) is 0 Å². The number of hydrogen-bond donors (Lipinski definition) is 1. The van der Waals surface area contributed by atoms with Crippen LogP contribution in [0.3, 0.4) is 0 Å². The monoisotopic (exact) mass is 233 g/mol. The summed E-state index contributed by atoms with van der Waals surface area (Å²) in [5.41, 5.74) is 5.60. The van der Waals surface area contributed by atoms with E-state index in [1.54, 1.807) is 17.8 Å². The first-order chi connectivity index (χ1) is 6.50. The molecular formula is C10H13ClFNS. The molecule has 1 nitrogen and oxygen atoms in total. The lowest BCUT2D eigenvalue weighted by atomic mass is 10.3. The van der Waals surface area contributed by atoms with Crippen LogP contribution in [0.5, 0.6) is 0 Å². The average molecular weight is 234 g/mol. The number of rotatable bonds is 3. The van der Waals surface area contributed by atoms with Crippen molar-refractivity contribution in [2.45, 2.75) is 18.7 Å². The molecule has 0 spiro atoms. The average Bonchev–Trinajstić information content (AvgIpc) is 2.09. The van der Waals surface area contributed by atoms with Crippen molar-refractivity contribution in [1.29, 1.82) is 0 Å². The normalized spacial score (nSPS) is 10.9. The van der Waals surface area contributed by atoms with E-state index in [1.165, 1.54) is 6.07 Å². The summed E-state index contributed by atoms with van der Waals surface area (Å²) in [5.74, 6) is 1.07. The first-order valence-corrected chi connectivity index (χ1v) is 5.74. The van der Waals surface area contributed by atoms with E-state index < -0.39 is 5.82 Å². The fourth-order valence-corrected chi connectivity index (χ4v) is 2.15. The molecule has 0 bridgehead atoms. The van der Waals surface area contributed by atoms with Gasteiger partial charge in [-0.1, -0.05) is 25.4 Å². The van der Waals surface area contributed by atoms with Gasteiger partial charge < -0.3 is 5.73 Å². The molecule has 1 aromatic rings. The van der Waals surface area contributed by atoms with Gasteiger partial charge in [0.15, 0.2) is 0 Å². The molecule has 0 aromatic heterocycles. The second-order valence-electron chi connectivity index (χ2n) is 3.51. The minimum Gasteiger partial charge on any atom is -0.396 e. The number of thioether (sulfide) groups is 1. The van der Waals surface area contributed by atoms with Gasteiger partial charge in [-0.15, -0.1) is 11.8 Å². The summed E-state index contributed by atoms with van der Waals surface area (Å²) in [5, 5.41) is 0.433. The van der Waals surface area contributed by atoms with Crippen molar-refractivity contribution in [3.63, 3.8) is 0 Å². The highest BCUT2D eigenvalue weighted by atomic mass is 35.5. The van der Waals surface area contributed by atoms with E-state index in [0.717, 1.165) is 10.6 Å². The van der Waals surface area contributed by atoms with Crippen LogP contribution in [0.2, 0.25) is 5.02 Å². The Bertz CT molecular complexity index is 328. The highest BCUT2D eigenvalue weighted by Gasteiger charge is 2.07. The van der Waals surface area contributed by atoms with Gasteiger partial charge in [0.2, 0.25) is 0 Å². The number of hydrogen-bond acceptors (Lipinski definition) is 2. The zero-order valence-electron chi connectivity index (χ0n) is 8.18. The van der Waals surface area contributed by atoms with Crippen LogP contribution < -0.4 is 5.73 Å². The number of anilines is 1. The summed E-state index contributed by atoms with van der Waals surface area (Å²) in [7, 11) is 0. The SMILES string of the molecule is CC(C)CSc1cc(N)c(F)cc1Cl. The van der Waals surface area contributed by atoms with Gasteiger partial charge in [-0.05, 0) is 18.1 Å². The minimum absolute atomic E-state index is 0.153. The Labute approximate surface area is 92.8 Å². The Balaban J connectivity index is 2.82. The lowest BCUT2D eigenvalue weighted by molar-refractivity contribution is 0.631. The van der Waals surface area contributed by atoms with Gasteiger partial charge in [0.1, 0.15) is 5.82 Å². The molecule has 0 radical (unpaired) electrons. The van der Waals surface area contributed by atoms with Crippen molar-refractivity contribution in [2.75, 3.05) is 11.5 Å². The molecule has 0 fully saturated rings. The van der Waals surface area contributed by atoms with E-state index in [4.69, 9.17) is 17.3 Å². The second kappa shape index (κ2) is 4.89. The van der Waals surface area contributed by atoms with Crippen molar-refractivity contribution in [3.05, 3.63) is 23.0 Å². The van der Waals surface area contributed by atoms with E-state index in [-0.39, 0.29) is 5.69 Å². The van der Waals surface area contributed by atoms with E-state index in [0.29, 0.717) is 10.9 Å². The van der Waals surface area contributed by atoms with Crippen LogP contribution in [0.15, 0.2) is 17.0 Å². The fraction of sp³-hybridized carbons (Fsp3) is 0.400. The lowest BCUT2D eigenvalue weighted by Crippen LogP contribution is -1.94. The summed E-state index contributed by atoms with van der Waals surface area (Å²) in [6.45, 7) is 4.24. The third-order valence-electron chi connectivity index (χ3n) is 1.62. The Kier molecular flexibility index (Phi) is 4.08. The third kappa shape index (κ3) is 3.07. The molecule has 0 aliphatic rings. The summed E-state index contributed by atoms with van der Waals surface area (Å²) in [4.78, 5) is 0.847. The fourth-order valence-electron chi connectivity index (χ4n) is 0.912. The molecule has 0 saturated carbocycles. The molecule has 1 rings (SSSR count). The van der Waals surface area contributed by atoms with E-state index in [9.17, 15) is 4.39 Å². The molecule has 0 atom stereocenters. The Hall–Kier alpha value is -0.410. The standard InChI is InChI=1S/C10H13ClFNS/c1-6(2)5-14-10-4-9(13)8(12)3-7(10)11/h3-4,6H,5,13H2,1-2H3. The van der Waals surface area contributed by atoms with Crippen LogP contribution in [0.1, 0.15) is 13.8 Å². The topological polar surface area (TPSA) is 26.0 Å². The van der Waals surface area contributed by atoms with Gasteiger partial charge in [-0.2, -0.15) is 0 Å². The molecule has 78 valence electrons. The van der Waals surface area contributed by atoms with E-state index in [2.05, 4.69) is 13.8 Å². The molecule has 0 heterocycles. The maximum atomic E-state index is 12.9. The Morgan fingerprint density at radius 1 is 1.50 bits per heavy atom. The minimum atomic E-state index is -0.455. The summed E-state index contributed by atoms with van der Waals surface area (Å²) in [6.07, 6.45) is 0. The van der Waals surface area contributed by atoms with Gasteiger partial charge in [0.05, 0.1) is 10.7 Å². The molecule has 1 aromatic carbocycles. The van der Waals surface area contributed by atoms with Crippen LogP contribution in [0.4, 0.5) is 10.1 Å². The molecule has 0 aliphatic carbocycles. The molecule has 14 heavy (non-hydrogen) atoms. The van der Waals surface area contributed by atoms with Gasteiger partial charge >= 0.3 is 0 Å². The second-order valence-corrected chi connectivity index (χ2v) is 4.98. The third-order valence-corrected chi connectivity index (χ3v) is 3.53. The molecule has 2 N–H and O–H groups in total. The Morgan fingerprint density at radius 3 is 2.71 bits per heavy atom. The number of nitrogen functional groups attached to an aromatic ring is 1. The van der Waals surface area contributed by atoms with Gasteiger partial charge in [-0.25, -0.2) is 4.39 Å². The zero-order valence-corrected chi connectivity index (χ0v) is 9.75. The molecular weight excluding hydrogens is 221 g/mol. The van der Waals surface area contributed by atoms with Crippen molar-refractivity contribution in [1.82, 2.24) is 0 Å². The van der Waals surface area contributed by atoms with Crippen molar-refractivity contribution in [3.8, 4) is 0 Å². The van der Waals surface area contributed by atoms with Crippen molar-refractivity contribution in [2.24, 2.45) is 5.92 Å². The number of halogens is 2. The maximum Gasteiger partial charge on any atom is 0.147 e. The van der Waals surface area contributed by atoms with Crippen molar-refractivity contribution < 1.29 is 4.39 Å². The van der Waals surface area contributed by atoms with E-state index in [1.807, 2.05) is 0 Å². The van der Waals surface area contributed by atoms with Crippen molar-refractivity contribution >= 4 is 29.1 Å². The summed E-state index contributed by atoms with van der Waals surface area (Å²) >= 11 is 7.47. The van der Waals surface area contributed by atoms with E-state index >= 15 is 0 Å². The molecule has 4 heteroatoms. The first-order valence-electron chi connectivity index (χ1n) is 4.38.